The van der Waals surface area contributed by atoms with Gasteiger partial charge in [0.2, 0.25) is 11.1 Å². The lowest BCUT2D eigenvalue weighted by Gasteiger charge is -2.28. The van der Waals surface area contributed by atoms with E-state index in [1.165, 1.54) is 11.8 Å². The Balaban J connectivity index is 1.66. The number of halogens is 1. The third-order valence-corrected chi connectivity index (χ3v) is 5.89. The van der Waals surface area contributed by atoms with Crippen LogP contribution in [-0.2, 0) is 15.3 Å². The van der Waals surface area contributed by atoms with Gasteiger partial charge in [-0.25, -0.2) is 9.48 Å². The molecule has 0 saturated heterocycles. The van der Waals surface area contributed by atoms with Crippen molar-refractivity contribution in [3.63, 3.8) is 0 Å². The molecule has 0 saturated carbocycles. The van der Waals surface area contributed by atoms with Crippen LogP contribution in [0.3, 0.4) is 0 Å². The van der Waals surface area contributed by atoms with Crippen LogP contribution in [0.5, 0.6) is 0 Å². The van der Waals surface area contributed by atoms with Gasteiger partial charge >= 0.3 is 5.97 Å². The number of fused-ring (bicyclic) bond motifs is 1. The van der Waals surface area contributed by atoms with Gasteiger partial charge in [-0.1, -0.05) is 65.8 Å². The summed E-state index contributed by atoms with van der Waals surface area (Å²) in [6.07, 6.45) is 0. The fourth-order valence-electron chi connectivity index (χ4n) is 3.34. The largest absolute Gasteiger partial charge is 0.463 e. The van der Waals surface area contributed by atoms with Crippen molar-refractivity contribution in [2.75, 3.05) is 11.9 Å². The molecule has 1 aliphatic rings. The summed E-state index contributed by atoms with van der Waals surface area (Å²) in [5, 5.41) is 9.26. The number of anilines is 1. The molecule has 4 rings (SSSR count). The van der Waals surface area contributed by atoms with Crippen LogP contribution in [0.25, 0.3) is 0 Å². The minimum atomic E-state index is -0.404. The number of allylic oxidation sites excluding steroid dienone is 1. The zero-order valence-corrected chi connectivity index (χ0v) is 18.2. The van der Waals surface area contributed by atoms with Crippen LogP contribution in [0.1, 0.15) is 31.0 Å². The molecule has 0 fully saturated rings. The molecule has 0 bridgehead atoms. The van der Waals surface area contributed by atoms with E-state index >= 15 is 0 Å². The molecule has 0 spiro atoms. The Morgan fingerprint density at radius 2 is 1.93 bits per heavy atom. The van der Waals surface area contributed by atoms with Gasteiger partial charge < -0.3 is 10.1 Å². The van der Waals surface area contributed by atoms with Gasteiger partial charge in [-0.05, 0) is 37.1 Å². The number of nitrogens with zero attached hydrogens (tertiary/aromatic N) is 3. The summed E-state index contributed by atoms with van der Waals surface area (Å²) >= 11 is 7.49. The summed E-state index contributed by atoms with van der Waals surface area (Å²) in [5.74, 6) is 0.967. The second-order valence-corrected chi connectivity index (χ2v) is 8.15. The first-order chi connectivity index (χ1) is 14.6. The van der Waals surface area contributed by atoms with E-state index < -0.39 is 6.04 Å². The van der Waals surface area contributed by atoms with Crippen LogP contribution in [0.15, 0.2) is 71.0 Å². The lowest BCUT2D eigenvalue weighted by atomic mass is 9.96. The van der Waals surface area contributed by atoms with Gasteiger partial charge in [-0.2, -0.15) is 4.98 Å². The highest BCUT2D eigenvalue weighted by Crippen LogP contribution is 2.36. The van der Waals surface area contributed by atoms with Crippen molar-refractivity contribution < 1.29 is 9.53 Å². The predicted molar refractivity (Wildman–Crippen MR) is 119 cm³/mol. The van der Waals surface area contributed by atoms with Crippen molar-refractivity contribution >= 4 is 35.3 Å². The molecule has 154 valence electrons. The molecule has 1 atom stereocenters. The fraction of sp³-hybridized carbons (Fsp3) is 0.227. The average molecular weight is 441 g/mol. The number of aromatic nitrogens is 3. The third kappa shape index (κ3) is 4.22. The SMILES string of the molecule is CCOC(=O)C1=C(C)Nc2nc(SCc3ccc(Cl)cc3)nn2C1c1ccccc1. The summed E-state index contributed by atoms with van der Waals surface area (Å²) in [7, 11) is 0. The van der Waals surface area contributed by atoms with Crippen molar-refractivity contribution in [2.24, 2.45) is 0 Å². The van der Waals surface area contributed by atoms with E-state index in [-0.39, 0.29) is 5.97 Å². The third-order valence-electron chi connectivity index (χ3n) is 4.72. The molecule has 0 aliphatic carbocycles. The van der Waals surface area contributed by atoms with Crippen LogP contribution < -0.4 is 5.32 Å². The molecule has 1 N–H and O–H groups in total. The van der Waals surface area contributed by atoms with Crippen molar-refractivity contribution in [2.45, 2.75) is 30.8 Å². The van der Waals surface area contributed by atoms with E-state index in [2.05, 4.69) is 10.3 Å². The Kier molecular flexibility index (Phi) is 6.11. The van der Waals surface area contributed by atoms with Crippen molar-refractivity contribution in [3.05, 3.63) is 82.0 Å². The minimum absolute atomic E-state index is 0.309. The Labute approximate surface area is 184 Å². The first kappa shape index (κ1) is 20.5. The fourth-order valence-corrected chi connectivity index (χ4v) is 4.25. The van der Waals surface area contributed by atoms with E-state index in [1.54, 1.807) is 11.6 Å². The van der Waals surface area contributed by atoms with E-state index in [1.807, 2.05) is 61.5 Å². The highest BCUT2D eigenvalue weighted by atomic mass is 35.5. The Morgan fingerprint density at radius 3 is 2.63 bits per heavy atom. The van der Waals surface area contributed by atoms with Gasteiger partial charge in [0.15, 0.2) is 0 Å². The molecule has 3 aromatic rings. The molecule has 1 aromatic heterocycles. The van der Waals surface area contributed by atoms with Gasteiger partial charge in [0.1, 0.15) is 6.04 Å². The maximum absolute atomic E-state index is 12.7. The normalized spacial score (nSPS) is 15.5. The molecule has 6 nitrogen and oxygen atoms in total. The molecule has 30 heavy (non-hydrogen) atoms. The highest BCUT2D eigenvalue weighted by Gasteiger charge is 2.35. The number of thioether (sulfide) groups is 1. The molecule has 2 heterocycles. The maximum atomic E-state index is 12.7. The number of hydrogen-bond donors (Lipinski definition) is 1. The first-order valence-electron chi connectivity index (χ1n) is 9.60. The first-order valence-corrected chi connectivity index (χ1v) is 11.0. The summed E-state index contributed by atoms with van der Waals surface area (Å²) in [6.45, 7) is 3.97. The molecule has 1 aliphatic heterocycles. The number of carbonyl (C=O) groups is 1. The van der Waals surface area contributed by atoms with Gasteiger partial charge in [-0.3, -0.25) is 0 Å². The molecular formula is C22H21ClN4O2S. The molecular weight excluding hydrogens is 420 g/mol. The smallest absolute Gasteiger partial charge is 0.338 e. The summed E-state index contributed by atoms with van der Waals surface area (Å²) in [5.41, 5.74) is 3.33. The number of hydrogen-bond acceptors (Lipinski definition) is 6. The molecule has 0 radical (unpaired) electrons. The zero-order valence-electron chi connectivity index (χ0n) is 16.6. The van der Waals surface area contributed by atoms with Crippen LogP contribution in [0.2, 0.25) is 5.02 Å². The Hall–Kier alpha value is -2.77. The van der Waals surface area contributed by atoms with Crippen LogP contribution in [0.4, 0.5) is 5.95 Å². The highest BCUT2D eigenvalue weighted by molar-refractivity contribution is 7.98. The van der Waals surface area contributed by atoms with E-state index in [0.717, 1.165) is 16.8 Å². The maximum Gasteiger partial charge on any atom is 0.338 e. The number of carbonyl (C=O) groups excluding carboxylic acids is 1. The minimum Gasteiger partial charge on any atom is -0.463 e. The number of esters is 1. The topological polar surface area (TPSA) is 69.0 Å². The van der Waals surface area contributed by atoms with Gasteiger partial charge in [0, 0.05) is 16.5 Å². The second kappa shape index (κ2) is 8.93. The standard InChI is InChI=1S/C22H21ClN4O2S/c1-3-29-20(28)18-14(2)24-21-25-22(30-13-15-9-11-17(23)12-10-15)26-27(21)19(18)16-7-5-4-6-8-16/h4-12,19H,3,13H2,1-2H3,(H,24,25,26). The van der Waals surface area contributed by atoms with Gasteiger partial charge in [-0.15, -0.1) is 5.10 Å². The molecule has 8 heteroatoms. The van der Waals surface area contributed by atoms with E-state index in [4.69, 9.17) is 21.4 Å². The Bertz CT molecular complexity index is 1080. The van der Waals surface area contributed by atoms with Crippen molar-refractivity contribution in [1.29, 1.82) is 0 Å². The number of nitrogens with one attached hydrogen (secondary N) is 1. The summed E-state index contributed by atoms with van der Waals surface area (Å²) < 4.78 is 7.09. The molecule has 0 amide bonds. The van der Waals surface area contributed by atoms with Crippen LogP contribution in [0, 0.1) is 0 Å². The predicted octanol–water partition coefficient (Wildman–Crippen LogP) is 5.08. The lowest BCUT2D eigenvalue weighted by Crippen LogP contribution is -2.29. The summed E-state index contributed by atoms with van der Waals surface area (Å²) in [6, 6.07) is 17.1. The number of benzene rings is 2. The molecule has 2 aromatic carbocycles. The number of rotatable bonds is 6. The Morgan fingerprint density at radius 1 is 1.20 bits per heavy atom. The van der Waals surface area contributed by atoms with E-state index in [9.17, 15) is 4.79 Å². The zero-order chi connectivity index (χ0) is 21.1. The average Bonchev–Trinajstić information content (AvgIpc) is 3.15. The second-order valence-electron chi connectivity index (χ2n) is 6.78. The van der Waals surface area contributed by atoms with Crippen LogP contribution >= 0.6 is 23.4 Å². The van der Waals surface area contributed by atoms with Gasteiger partial charge in [0.25, 0.3) is 0 Å². The quantitative estimate of drug-likeness (QED) is 0.426. The van der Waals surface area contributed by atoms with Crippen LogP contribution in [-0.4, -0.2) is 27.3 Å². The van der Waals surface area contributed by atoms with E-state index in [0.29, 0.717) is 34.1 Å². The van der Waals surface area contributed by atoms with Crippen molar-refractivity contribution in [1.82, 2.24) is 14.8 Å². The van der Waals surface area contributed by atoms with Crippen molar-refractivity contribution in [3.8, 4) is 0 Å². The molecule has 1 unspecified atom stereocenters. The lowest BCUT2D eigenvalue weighted by molar-refractivity contribution is -0.139. The summed E-state index contributed by atoms with van der Waals surface area (Å²) in [4.78, 5) is 17.4. The monoisotopic (exact) mass is 440 g/mol. The number of ether oxygens (including phenoxy) is 1. The van der Waals surface area contributed by atoms with Gasteiger partial charge in [0.05, 0.1) is 12.2 Å².